The maximum Gasteiger partial charge on any atom is 0.266 e. The van der Waals surface area contributed by atoms with Crippen molar-refractivity contribution in [2.24, 2.45) is 0 Å². The Morgan fingerprint density at radius 1 is 1.18 bits per heavy atom. The largest absolute Gasteiger partial charge is 0.480 e. The van der Waals surface area contributed by atoms with Crippen LogP contribution in [0.1, 0.15) is 10.4 Å². The molecular formula is C16H14N4O2. The number of hydrogen-bond donors (Lipinski definition) is 0. The van der Waals surface area contributed by atoms with Gasteiger partial charge in [-0.25, -0.2) is 9.97 Å². The summed E-state index contributed by atoms with van der Waals surface area (Å²) in [5.74, 6) is 0.873. The van der Waals surface area contributed by atoms with Gasteiger partial charge in [-0.1, -0.05) is 12.1 Å². The molecule has 0 bridgehead atoms. The molecule has 6 nitrogen and oxygen atoms in total. The van der Waals surface area contributed by atoms with Crippen molar-refractivity contribution >= 4 is 22.9 Å². The van der Waals surface area contributed by atoms with Crippen molar-refractivity contribution in [2.45, 2.75) is 6.54 Å². The number of methoxy groups -OCH3 is 1. The molecule has 0 aliphatic carbocycles. The number of hydrogen-bond acceptors (Lipinski definition) is 4. The van der Waals surface area contributed by atoms with E-state index in [0.29, 0.717) is 23.9 Å². The van der Waals surface area contributed by atoms with Gasteiger partial charge in [-0.15, -0.1) is 0 Å². The third kappa shape index (κ3) is 1.77. The van der Waals surface area contributed by atoms with Crippen LogP contribution in [-0.4, -0.2) is 34.1 Å². The fourth-order valence-corrected chi connectivity index (χ4v) is 2.84. The van der Waals surface area contributed by atoms with Crippen molar-refractivity contribution in [2.75, 3.05) is 18.6 Å². The Morgan fingerprint density at radius 2 is 2.05 bits per heavy atom. The van der Waals surface area contributed by atoms with E-state index in [1.807, 2.05) is 24.3 Å². The fourth-order valence-electron chi connectivity index (χ4n) is 2.84. The van der Waals surface area contributed by atoms with Crippen molar-refractivity contribution in [3.8, 4) is 5.88 Å². The van der Waals surface area contributed by atoms with E-state index in [2.05, 4.69) is 14.5 Å². The maximum absolute atomic E-state index is 12.8. The molecule has 3 aromatic rings. The number of pyridine rings is 1. The Bertz CT molecular complexity index is 871. The highest BCUT2D eigenvalue weighted by atomic mass is 16.5. The number of aromatic nitrogens is 3. The van der Waals surface area contributed by atoms with Crippen LogP contribution in [0, 0.1) is 0 Å². The van der Waals surface area contributed by atoms with Crippen molar-refractivity contribution < 1.29 is 9.53 Å². The molecule has 0 saturated carbocycles. The summed E-state index contributed by atoms with van der Waals surface area (Å²) >= 11 is 0. The van der Waals surface area contributed by atoms with E-state index >= 15 is 0 Å². The Balaban J connectivity index is 1.78. The zero-order chi connectivity index (χ0) is 15.1. The highest BCUT2D eigenvalue weighted by molar-refractivity contribution is 6.07. The quantitative estimate of drug-likeness (QED) is 0.726. The molecular weight excluding hydrogens is 280 g/mol. The highest BCUT2D eigenvalue weighted by Gasteiger charge is 2.30. The number of fused-ring (bicyclic) bond motifs is 3. The first-order valence-corrected chi connectivity index (χ1v) is 7.06. The van der Waals surface area contributed by atoms with Gasteiger partial charge >= 0.3 is 0 Å². The zero-order valence-electron chi connectivity index (χ0n) is 12.1. The molecule has 1 aliphatic heterocycles. The lowest BCUT2D eigenvalue weighted by Gasteiger charge is -2.15. The van der Waals surface area contributed by atoms with E-state index in [4.69, 9.17) is 4.74 Å². The molecule has 0 fully saturated rings. The lowest BCUT2D eigenvalue weighted by molar-refractivity contribution is 0.0985. The smallest absolute Gasteiger partial charge is 0.266 e. The SMILES string of the molecule is COc1ncccc1C(=O)N1CCn2c1nc1ccccc12. The van der Waals surface area contributed by atoms with E-state index in [0.717, 1.165) is 17.6 Å². The summed E-state index contributed by atoms with van der Waals surface area (Å²) in [4.78, 5) is 23.2. The average Bonchev–Trinajstić information content (AvgIpc) is 3.13. The molecule has 22 heavy (non-hydrogen) atoms. The monoisotopic (exact) mass is 294 g/mol. The number of benzene rings is 1. The first kappa shape index (κ1) is 12.8. The van der Waals surface area contributed by atoms with Crippen molar-refractivity contribution in [1.82, 2.24) is 14.5 Å². The number of nitrogens with zero attached hydrogens (tertiary/aromatic N) is 4. The van der Waals surface area contributed by atoms with Gasteiger partial charge in [0.25, 0.3) is 5.91 Å². The van der Waals surface area contributed by atoms with Gasteiger partial charge in [0.1, 0.15) is 5.56 Å². The lowest BCUT2D eigenvalue weighted by Crippen LogP contribution is -2.29. The standard InChI is InChI=1S/C16H14N4O2/c1-22-14-11(5-4-8-17-14)15(21)20-10-9-19-13-7-3-2-6-12(13)18-16(19)20/h2-8H,9-10H2,1H3. The number of amides is 1. The van der Waals surface area contributed by atoms with Gasteiger partial charge in [0.15, 0.2) is 0 Å². The van der Waals surface area contributed by atoms with Crippen LogP contribution in [0.2, 0.25) is 0 Å². The lowest BCUT2D eigenvalue weighted by atomic mass is 10.2. The Kier molecular flexibility index (Phi) is 2.82. The molecule has 0 saturated heterocycles. The summed E-state index contributed by atoms with van der Waals surface area (Å²) in [5, 5.41) is 0. The molecule has 6 heteroatoms. The van der Waals surface area contributed by atoms with E-state index < -0.39 is 0 Å². The number of para-hydroxylation sites is 2. The molecule has 1 aliphatic rings. The Hall–Kier alpha value is -2.89. The Morgan fingerprint density at radius 3 is 2.91 bits per heavy atom. The number of rotatable bonds is 2. The molecule has 0 atom stereocenters. The predicted molar refractivity (Wildman–Crippen MR) is 82.2 cm³/mol. The minimum absolute atomic E-state index is 0.140. The Labute approximate surface area is 127 Å². The second kappa shape index (κ2) is 4.84. The normalized spacial score (nSPS) is 13.4. The van der Waals surface area contributed by atoms with Gasteiger partial charge in [0, 0.05) is 19.3 Å². The van der Waals surface area contributed by atoms with Crippen molar-refractivity contribution in [3.05, 3.63) is 48.2 Å². The number of anilines is 1. The fraction of sp³-hybridized carbons (Fsp3) is 0.188. The van der Waals surface area contributed by atoms with Crippen LogP contribution in [0.25, 0.3) is 11.0 Å². The number of carbonyl (C=O) groups is 1. The van der Waals surface area contributed by atoms with Crippen LogP contribution < -0.4 is 9.64 Å². The van der Waals surface area contributed by atoms with Crippen LogP contribution >= 0.6 is 0 Å². The van der Waals surface area contributed by atoms with Crippen molar-refractivity contribution in [3.63, 3.8) is 0 Å². The van der Waals surface area contributed by atoms with E-state index in [-0.39, 0.29) is 5.91 Å². The number of ether oxygens (including phenoxy) is 1. The van der Waals surface area contributed by atoms with Gasteiger partial charge < -0.3 is 9.30 Å². The molecule has 0 spiro atoms. The third-order valence-corrected chi connectivity index (χ3v) is 3.86. The van der Waals surface area contributed by atoms with Crippen LogP contribution in [0.15, 0.2) is 42.6 Å². The first-order valence-electron chi connectivity index (χ1n) is 7.06. The van der Waals surface area contributed by atoms with Crippen LogP contribution in [0.5, 0.6) is 5.88 Å². The van der Waals surface area contributed by atoms with Crippen LogP contribution in [0.3, 0.4) is 0 Å². The van der Waals surface area contributed by atoms with E-state index in [1.54, 1.807) is 23.2 Å². The molecule has 1 aromatic carbocycles. The topological polar surface area (TPSA) is 60.2 Å². The van der Waals surface area contributed by atoms with Gasteiger partial charge in [-0.2, -0.15) is 0 Å². The molecule has 1 amide bonds. The molecule has 110 valence electrons. The van der Waals surface area contributed by atoms with E-state index in [1.165, 1.54) is 7.11 Å². The number of carbonyl (C=O) groups excluding carboxylic acids is 1. The zero-order valence-corrected chi connectivity index (χ0v) is 12.1. The van der Waals surface area contributed by atoms with E-state index in [9.17, 15) is 4.79 Å². The van der Waals surface area contributed by atoms with Gasteiger partial charge in [-0.3, -0.25) is 9.69 Å². The van der Waals surface area contributed by atoms with Gasteiger partial charge in [0.05, 0.1) is 18.1 Å². The maximum atomic E-state index is 12.8. The molecule has 3 heterocycles. The summed E-state index contributed by atoms with van der Waals surface area (Å²) < 4.78 is 7.25. The van der Waals surface area contributed by atoms with Gasteiger partial charge in [0.2, 0.25) is 11.8 Å². The second-order valence-corrected chi connectivity index (χ2v) is 5.07. The minimum atomic E-state index is -0.140. The summed E-state index contributed by atoms with van der Waals surface area (Å²) in [7, 11) is 1.51. The molecule has 0 radical (unpaired) electrons. The molecule has 0 unspecified atom stereocenters. The molecule has 4 rings (SSSR count). The minimum Gasteiger partial charge on any atom is -0.480 e. The van der Waals surface area contributed by atoms with Gasteiger partial charge in [-0.05, 0) is 24.3 Å². The molecule has 2 aromatic heterocycles. The number of imidazole rings is 1. The third-order valence-electron chi connectivity index (χ3n) is 3.86. The highest BCUT2D eigenvalue weighted by Crippen LogP contribution is 2.29. The van der Waals surface area contributed by atoms with Crippen LogP contribution in [-0.2, 0) is 6.54 Å². The summed E-state index contributed by atoms with van der Waals surface area (Å²) in [6, 6.07) is 11.3. The predicted octanol–water partition coefficient (Wildman–Crippen LogP) is 2.10. The summed E-state index contributed by atoms with van der Waals surface area (Å²) in [6.07, 6.45) is 1.61. The summed E-state index contributed by atoms with van der Waals surface area (Å²) in [5.41, 5.74) is 2.39. The second-order valence-electron chi connectivity index (χ2n) is 5.07. The average molecular weight is 294 g/mol. The van der Waals surface area contributed by atoms with Crippen molar-refractivity contribution in [1.29, 1.82) is 0 Å². The van der Waals surface area contributed by atoms with Crippen LogP contribution in [0.4, 0.5) is 5.95 Å². The first-order chi connectivity index (χ1) is 10.8. The summed E-state index contributed by atoms with van der Waals surface area (Å²) in [6.45, 7) is 1.34. The molecule has 0 N–H and O–H groups in total.